The first-order chi connectivity index (χ1) is 11.1. The maximum Gasteiger partial charge on any atom is 0.247 e. The Kier molecular flexibility index (Phi) is 4.23. The summed E-state index contributed by atoms with van der Waals surface area (Å²) in [4.78, 5) is 11.9. The van der Waals surface area contributed by atoms with E-state index in [4.69, 9.17) is 8.83 Å². The highest BCUT2D eigenvalue weighted by atomic mass is 16.4. The molecular weight excluding hydrogens is 294 g/mol. The number of benzene rings is 1. The highest BCUT2D eigenvalue weighted by Crippen LogP contribution is 2.18. The Bertz CT molecular complexity index is 803. The van der Waals surface area contributed by atoms with Crippen LogP contribution in [0.25, 0.3) is 11.5 Å². The Morgan fingerprint density at radius 3 is 2.52 bits per heavy atom. The minimum atomic E-state index is -0.196. The van der Waals surface area contributed by atoms with Gasteiger partial charge in [-0.15, -0.1) is 10.2 Å². The molecule has 118 valence electrons. The van der Waals surface area contributed by atoms with Crippen LogP contribution in [0.5, 0.6) is 0 Å². The van der Waals surface area contributed by atoms with Crippen LogP contribution in [-0.4, -0.2) is 16.1 Å². The van der Waals surface area contributed by atoms with Crippen LogP contribution in [0.1, 0.15) is 23.0 Å². The van der Waals surface area contributed by atoms with Gasteiger partial charge in [0.25, 0.3) is 0 Å². The van der Waals surface area contributed by atoms with E-state index in [2.05, 4.69) is 15.5 Å². The normalized spacial score (nSPS) is 10.7. The molecule has 3 aromatic rings. The molecule has 23 heavy (non-hydrogen) atoms. The van der Waals surface area contributed by atoms with Crippen LogP contribution in [-0.2, 0) is 17.8 Å². The fraction of sp³-hybridized carbons (Fsp3) is 0.235. The fourth-order valence-electron chi connectivity index (χ4n) is 2.10. The van der Waals surface area contributed by atoms with Crippen molar-refractivity contribution in [3.8, 4) is 11.5 Å². The molecule has 0 saturated carbocycles. The molecule has 1 amide bonds. The van der Waals surface area contributed by atoms with Gasteiger partial charge in [-0.25, -0.2) is 0 Å². The number of aromatic nitrogens is 2. The molecule has 0 bridgehead atoms. The Balaban J connectivity index is 1.58. The smallest absolute Gasteiger partial charge is 0.247 e. The summed E-state index contributed by atoms with van der Waals surface area (Å²) >= 11 is 0. The number of hydrogen-bond donors (Lipinski definition) is 1. The summed E-state index contributed by atoms with van der Waals surface area (Å²) in [5.74, 6) is 2.02. The van der Waals surface area contributed by atoms with Crippen molar-refractivity contribution in [1.29, 1.82) is 0 Å². The number of carbonyl (C=O) groups is 1. The average Bonchev–Trinajstić information content (AvgIpc) is 3.15. The molecule has 0 fully saturated rings. The maximum absolute atomic E-state index is 11.9. The van der Waals surface area contributed by atoms with E-state index in [0.29, 0.717) is 18.2 Å². The molecule has 0 atom stereocenters. The van der Waals surface area contributed by atoms with Gasteiger partial charge in [0.15, 0.2) is 0 Å². The predicted molar refractivity (Wildman–Crippen MR) is 83.5 cm³/mol. The molecule has 0 aliphatic carbocycles. The largest absolute Gasteiger partial charge is 0.465 e. The lowest BCUT2D eigenvalue weighted by atomic mass is 10.1. The molecule has 0 unspecified atom stereocenters. The summed E-state index contributed by atoms with van der Waals surface area (Å²) in [5, 5.41) is 10.6. The number of furan rings is 1. The zero-order valence-electron chi connectivity index (χ0n) is 13.0. The number of amides is 1. The molecule has 1 N–H and O–H groups in total. The van der Waals surface area contributed by atoms with Crippen LogP contribution in [0, 0.1) is 13.8 Å². The first kappa shape index (κ1) is 15.0. The van der Waals surface area contributed by atoms with Gasteiger partial charge in [0.2, 0.25) is 17.7 Å². The number of rotatable bonds is 5. The molecule has 0 saturated heterocycles. The van der Waals surface area contributed by atoms with Crippen molar-refractivity contribution < 1.29 is 13.6 Å². The SMILES string of the molecule is Cc1ccc(-c2nnc(CC(=O)NCc3ccc(C)o3)o2)cc1. The lowest BCUT2D eigenvalue weighted by Gasteiger charge is -2.00. The molecule has 6 heteroatoms. The quantitative estimate of drug-likeness (QED) is 0.783. The van der Waals surface area contributed by atoms with Crippen LogP contribution >= 0.6 is 0 Å². The third-order valence-corrected chi connectivity index (χ3v) is 3.33. The van der Waals surface area contributed by atoms with Gasteiger partial charge in [0.1, 0.15) is 17.9 Å². The van der Waals surface area contributed by atoms with Crippen LogP contribution in [0.2, 0.25) is 0 Å². The predicted octanol–water partition coefficient (Wildman–Crippen LogP) is 2.81. The third-order valence-electron chi connectivity index (χ3n) is 3.33. The molecule has 2 aromatic heterocycles. The molecule has 2 heterocycles. The van der Waals surface area contributed by atoms with E-state index in [9.17, 15) is 4.79 Å². The van der Waals surface area contributed by atoms with E-state index in [0.717, 1.165) is 16.9 Å². The van der Waals surface area contributed by atoms with Gasteiger partial charge in [-0.2, -0.15) is 0 Å². The molecule has 0 spiro atoms. The van der Waals surface area contributed by atoms with Gasteiger partial charge < -0.3 is 14.2 Å². The average molecular weight is 311 g/mol. The zero-order valence-corrected chi connectivity index (χ0v) is 13.0. The number of carbonyl (C=O) groups excluding carboxylic acids is 1. The second kappa shape index (κ2) is 6.48. The number of nitrogens with zero attached hydrogens (tertiary/aromatic N) is 2. The van der Waals surface area contributed by atoms with Gasteiger partial charge >= 0.3 is 0 Å². The Hall–Kier alpha value is -2.89. The van der Waals surface area contributed by atoms with Crippen molar-refractivity contribution in [2.75, 3.05) is 0 Å². The molecule has 3 rings (SSSR count). The van der Waals surface area contributed by atoms with Crippen LogP contribution < -0.4 is 5.32 Å². The Labute approximate surface area is 133 Å². The number of nitrogens with one attached hydrogen (secondary N) is 1. The zero-order chi connectivity index (χ0) is 16.2. The summed E-state index contributed by atoms with van der Waals surface area (Å²) in [6.07, 6.45) is 0.0402. The molecular formula is C17H17N3O3. The second-order valence-corrected chi connectivity index (χ2v) is 5.33. The molecule has 6 nitrogen and oxygen atoms in total. The van der Waals surface area contributed by atoms with E-state index in [1.54, 1.807) is 0 Å². The summed E-state index contributed by atoms with van der Waals surface area (Å²) in [7, 11) is 0. The topological polar surface area (TPSA) is 81.2 Å². The minimum Gasteiger partial charge on any atom is -0.465 e. The van der Waals surface area contributed by atoms with E-state index >= 15 is 0 Å². The number of aryl methyl sites for hydroxylation is 2. The Morgan fingerprint density at radius 2 is 1.83 bits per heavy atom. The highest BCUT2D eigenvalue weighted by molar-refractivity contribution is 5.77. The second-order valence-electron chi connectivity index (χ2n) is 5.33. The minimum absolute atomic E-state index is 0.0402. The van der Waals surface area contributed by atoms with E-state index in [1.807, 2.05) is 50.2 Å². The standard InChI is InChI=1S/C17H17N3O3/c1-11-3-6-13(7-4-11)17-20-19-16(23-17)9-15(21)18-10-14-8-5-12(2)22-14/h3-8H,9-10H2,1-2H3,(H,18,21). The summed E-state index contributed by atoms with van der Waals surface area (Å²) in [5.41, 5.74) is 1.99. The van der Waals surface area contributed by atoms with Crippen molar-refractivity contribution in [1.82, 2.24) is 15.5 Å². The monoisotopic (exact) mass is 311 g/mol. The molecule has 1 aromatic carbocycles. The lowest BCUT2D eigenvalue weighted by Crippen LogP contribution is -2.24. The Morgan fingerprint density at radius 1 is 1.04 bits per heavy atom. The van der Waals surface area contributed by atoms with E-state index < -0.39 is 0 Å². The van der Waals surface area contributed by atoms with Gasteiger partial charge in [0.05, 0.1) is 6.54 Å². The van der Waals surface area contributed by atoms with Crippen molar-refractivity contribution in [2.45, 2.75) is 26.8 Å². The maximum atomic E-state index is 11.9. The van der Waals surface area contributed by atoms with Crippen molar-refractivity contribution in [3.05, 3.63) is 59.4 Å². The highest BCUT2D eigenvalue weighted by Gasteiger charge is 2.12. The van der Waals surface area contributed by atoms with E-state index in [-0.39, 0.29) is 18.2 Å². The first-order valence-electron chi connectivity index (χ1n) is 7.31. The molecule has 0 aliphatic heterocycles. The summed E-state index contributed by atoms with van der Waals surface area (Å²) < 4.78 is 10.9. The van der Waals surface area contributed by atoms with Crippen LogP contribution in [0.4, 0.5) is 0 Å². The third kappa shape index (κ3) is 3.85. The van der Waals surface area contributed by atoms with Crippen LogP contribution in [0.3, 0.4) is 0 Å². The summed E-state index contributed by atoms with van der Waals surface area (Å²) in [6.45, 7) is 4.20. The lowest BCUT2D eigenvalue weighted by molar-refractivity contribution is -0.121. The van der Waals surface area contributed by atoms with E-state index in [1.165, 1.54) is 0 Å². The van der Waals surface area contributed by atoms with Gasteiger partial charge in [-0.1, -0.05) is 17.7 Å². The van der Waals surface area contributed by atoms with Crippen LogP contribution in [0.15, 0.2) is 45.2 Å². The fourth-order valence-corrected chi connectivity index (χ4v) is 2.10. The first-order valence-corrected chi connectivity index (χ1v) is 7.31. The summed E-state index contributed by atoms with van der Waals surface area (Å²) in [6, 6.07) is 11.4. The van der Waals surface area contributed by atoms with Gasteiger partial charge in [-0.3, -0.25) is 4.79 Å². The van der Waals surface area contributed by atoms with Crippen molar-refractivity contribution >= 4 is 5.91 Å². The molecule has 0 radical (unpaired) electrons. The molecule has 0 aliphatic rings. The van der Waals surface area contributed by atoms with Gasteiger partial charge in [-0.05, 0) is 38.1 Å². The van der Waals surface area contributed by atoms with Gasteiger partial charge in [0, 0.05) is 5.56 Å². The van der Waals surface area contributed by atoms with Crippen molar-refractivity contribution in [2.24, 2.45) is 0 Å². The van der Waals surface area contributed by atoms with Crippen molar-refractivity contribution in [3.63, 3.8) is 0 Å². The number of hydrogen-bond acceptors (Lipinski definition) is 5.